The van der Waals surface area contributed by atoms with Gasteiger partial charge < -0.3 is 9.47 Å². The lowest BCUT2D eigenvalue weighted by atomic mass is 10.2. The molecule has 7 heteroatoms. The SMILES string of the molecule is COc1cc(C(=O)Nc2nccs2)cc(Cl)c1OC(C)C. The number of methoxy groups -OCH3 is 1. The van der Waals surface area contributed by atoms with E-state index in [9.17, 15) is 4.79 Å². The van der Waals surface area contributed by atoms with Crippen LogP contribution in [0.25, 0.3) is 0 Å². The first-order valence-corrected chi connectivity index (χ1v) is 7.52. The largest absolute Gasteiger partial charge is 0.493 e. The summed E-state index contributed by atoms with van der Waals surface area (Å²) in [7, 11) is 1.50. The lowest BCUT2D eigenvalue weighted by molar-refractivity contribution is 0.102. The third-order valence-electron chi connectivity index (χ3n) is 2.50. The number of nitrogens with one attached hydrogen (secondary N) is 1. The average Bonchev–Trinajstić information content (AvgIpc) is 2.93. The molecule has 0 unspecified atom stereocenters. The Bertz CT molecular complexity index is 629. The maximum Gasteiger partial charge on any atom is 0.257 e. The molecule has 21 heavy (non-hydrogen) atoms. The van der Waals surface area contributed by atoms with Gasteiger partial charge in [-0.05, 0) is 26.0 Å². The van der Waals surface area contributed by atoms with Gasteiger partial charge in [-0.25, -0.2) is 4.98 Å². The Kier molecular flexibility index (Phi) is 5.03. The van der Waals surface area contributed by atoms with Crippen molar-refractivity contribution in [2.24, 2.45) is 0 Å². The molecule has 1 heterocycles. The Morgan fingerprint density at radius 3 is 2.76 bits per heavy atom. The highest BCUT2D eigenvalue weighted by atomic mass is 35.5. The van der Waals surface area contributed by atoms with Gasteiger partial charge in [0.2, 0.25) is 0 Å². The third-order valence-corrected chi connectivity index (χ3v) is 3.47. The van der Waals surface area contributed by atoms with Crippen LogP contribution < -0.4 is 14.8 Å². The van der Waals surface area contributed by atoms with Gasteiger partial charge in [0.25, 0.3) is 5.91 Å². The van der Waals surface area contributed by atoms with Crippen molar-refractivity contribution in [1.82, 2.24) is 4.98 Å². The predicted molar refractivity (Wildman–Crippen MR) is 83.8 cm³/mol. The number of halogens is 1. The maximum absolute atomic E-state index is 12.2. The quantitative estimate of drug-likeness (QED) is 0.906. The number of nitrogens with zero attached hydrogens (tertiary/aromatic N) is 1. The van der Waals surface area contributed by atoms with Crippen molar-refractivity contribution >= 4 is 34.0 Å². The monoisotopic (exact) mass is 326 g/mol. The molecular formula is C14H15ClN2O3S. The summed E-state index contributed by atoms with van der Waals surface area (Å²) >= 11 is 7.52. The van der Waals surface area contributed by atoms with Crippen molar-refractivity contribution in [1.29, 1.82) is 0 Å². The molecule has 0 aliphatic rings. The van der Waals surface area contributed by atoms with Crippen molar-refractivity contribution in [2.75, 3.05) is 12.4 Å². The molecule has 0 atom stereocenters. The van der Waals surface area contributed by atoms with Crippen LogP contribution in [-0.2, 0) is 0 Å². The van der Waals surface area contributed by atoms with Gasteiger partial charge in [-0.15, -0.1) is 11.3 Å². The summed E-state index contributed by atoms with van der Waals surface area (Å²) in [6.45, 7) is 3.78. The van der Waals surface area contributed by atoms with Gasteiger partial charge in [-0.1, -0.05) is 11.6 Å². The summed E-state index contributed by atoms with van der Waals surface area (Å²) in [5.41, 5.74) is 0.378. The smallest absolute Gasteiger partial charge is 0.257 e. The first-order valence-electron chi connectivity index (χ1n) is 6.26. The lowest BCUT2D eigenvalue weighted by Gasteiger charge is -2.16. The van der Waals surface area contributed by atoms with E-state index < -0.39 is 0 Å². The maximum atomic E-state index is 12.2. The molecule has 0 saturated heterocycles. The fraction of sp³-hybridized carbons (Fsp3) is 0.286. The average molecular weight is 327 g/mol. The second-order valence-corrected chi connectivity index (χ2v) is 5.75. The normalized spacial score (nSPS) is 10.5. The van der Waals surface area contributed by atoms with Gasteiger partial charge in [-0.2, -0.15) is 0 Å². The molecule has 2 rings (SSSR count). The van der Waals surface area contributed by atoms with Crippen LogP contribution in [0.4, 0.5) is 5.13 Å². The van der Waals surface area contributed by atoms with Gasteiger partial charge in [0.15, 0.2) is 16.6 Å². The van der Waals surface area contributed by atoms with Crippen LogP contribution >= 0.6 is 22.9 Å². The van der Waals surface area contributed by atoms with E-state index in [-0.39, 0.29) is 12.0 Å². The van der Waals surface area contributed by atoms with E-state index in [1.54, 1.807) is 23.7 Å². The highest BCUT2D eigenvalue weighted by molar-refractivity contribution is 7.13. The van der Waals surface area contributed by atoms with Crippen LogP contribution in [0.3, 0.4) is 0 Å². The van der Waals surface area contributed by atoms with Crippen molar-refractivity contribution < 1.29 is 14.3 Å². The first kappa shape index (κ1) is 15.6. The highest BCUT2D eigenvalue weighted by Gasteiger charge is 2.17. The number of amides is 1. The lowest BCUT2D eigenvalue weighted by Crippen LogP contribution is -2.13. The molecule has 0 bridgehead atoms. The topological polar surface area (TPSA) is 60.5 Å². The number of aromatic nitrogens is 1. The van der Waals surface area contributed by atoms with Gasteiger partial charge in [0, 0.05) is 17.1 Å². The number of hydrogen-bond donors (Lipinski definition) is 1. The molecule has 0 fully saturated rings. The molecule has 0 saturated carbocycles. The molecule has 1 aromatic carbocycles. The van der Waals surface area contributed by atoms with Crippen LogP contribution in [0.5, 0.6) is 11.5 Å². The molecule has 2 aromatic rings. The molecule has 1 amide bonds. The van der Waals surface area contributed by atoms with Crippen LogP contribution in [0.2, 0.25) is 5.02 Å². The Balaban J connectivity index is 2.28. The summed E-state index contributed by atoms with van der Waals surface area (Å²) in [5.74, 6) is 0.543. The number of carbonyl (C=O) groups is 1. The van der Waals surface area contributed by atoms with Crippen LogP contribution in [0.1, 0.15) is 24.2 Å². The van der Waals surface area contributed by atoms with E-state index in [0.717, 1.165) is 0 Å². The number of ether oxygens (including phenoxy) is 2. The molecule has 0 radical (unpaired) electrons. The van der Waals surface area contributed by atoms with E-state index >= 15 is 0 Å². The van der Waals surface area contributed by atoms with Crippen molar-refractivity contribution in [3.05, 3.63) is 34.3 Å². The van der Waals surface area contributed by atoms with E-state index in [1.165, 1.54) is 18.4 Å². The van der Waals surface area contributed by atoms with Gasteiger partial charge >= 0.3 is 0 Å². The fourth-order valence-corrected chi connectivity index (χ4v) is 2.43. The second kappa shape index (κ2) is 6.78. The number of anilines is 1. The van der Waals surface area contributed by atoms with E-state index in [1.807, 2.05) is 13.8 Å². The fourth-order valence-electron chi connectivity index (χ4n) is 1.66. The predicted octanol–water partition coefficient (Wildman–Crippen LogP) is 3.84. The number of benzene rings is 1. The van der Waals surface area contributed by atoms with Gasteiger partial charge in [-0.3, -0.25) is 10.1 Å². The number of carbonyl (C=O) groups excluding carboxylic acids is 1. The Morgan fingerprint density at radius 1 is 1.43 bits per heavy atom. The van der Waals surface area contributed by atoms with E-state index in [2.05, 4.69) is 10.3 Å². The Labute approximate surface area is 131 Å². The highest BCUT2D eigenvalue weighted by Crippen LogP contribution is 2.37. The van der Waals surface area contributed by atoms with Crippen LogP contribution in [-0.4, -0.2) is 24.1 Å². The minimum atomic E-state index is -0.304. The number of rotatable bonds is 5. The molecule has 0 aliphatic carbocycles. The van der Waals surface area contributed by atoms with Crippen molar-refractivity contribution in [2.45, 2.75) is 20.0 Å². The van der Waals surface area contributed by atoms with E-state index in [4.69, 9.17) is 21.1 Å². The van der Waals surface area contributed by atoms with Crippen molar-refractivity contribution in [3.8, 4) is 11.5 Å². The molecule has 0 aliphatic heterocycles. The standard InChI is InChI=1S/C14H15ClN2O3S/c1-8(2)20-12-10(15)6-9(7-11(12)19-3)13(18)17-14-16-4-5-21-14/h4-8H,1-3H3,(H,16,17,18). The zero-order valence-corrected chi connectivity index (χ0v) is 13.4. The van der Waals surface area contributed by atoms with Gasteiger partial charge in [0.1, 0.15) is 0 Å². The molecule has 112 valence electrons. The number of hydrogen-bond acceptors (Lipinski definition) is 5. The zero-order chi connectivity index (χ0) is 15.4. The first-order chi connectivity index (χ1) is 10.0. The molecule has 0 spiro atoms. The van der Waals surface area contributed by atoms with Crippen LogP contribution in [0, 0.1) is 0 Å². The summed E-state index contributed by atoms with van der Waals surface area (Å²) in [4.78, 5) is 16.2. The molecule has 1 N–H and O–H groups in total. The minimum absolute atomic E-state index is 0.0496. The Morgan fingerprint density at radius 2 is 2.19 bits per heavy atom. The van der Waals surface area contributed by atoms with Gasteiger partial charge in [0.05, 0.1) is 18.2 Å². The number of thiazole rings is 1. The molecule has 1 aromatic heterocycles. The van der Waals surface area contributed by atoms with Crippen molar-refractivity contribution in [3.63, 3.8) is 0 Å². The Hall–Kier alpha value is -1.79. The summed E-state index contributed by atoms with van der Waals surface area (Å²) in [6, 6.07) is 3.14. The molecular weight excluding hydrogens is 312 g/mol. The van der Waals surface area contributed by atoms with Crippen LogP contribution in [0.15, 0.2) is 23.7 Å². The summed E-state index contributed by atoms with van der Waals surface area (Å²) in [6.07, 6.45) is 1.57. The summed E-state index contributed by atoms with van der Waals surface area (Å²) in [5, 5.41) is 5.32. The minimum Gasteiger partial charge on any atom is -0.493 e. The molecule has 5 nitrogen and oxygen atoms in total. The third kappa shape index (κ3) is 3.86. The zero-order valence-electron chi connectivity index (χ0n) is 11.8. The summed E-state index contributed by atoms with van der Waals surface area (Å²) < 4.78 is 10.9. The van der Waals surface area contributed by atoms with E-state index in [0.29, 0.717) is 27.2 Å². The second-order valence-electron chi connectivity index (χ2n) is 4.45.